The Kier molecular flexibility index (Phi) is 7.82. The predicted octanol–water partition coefficient (Wildman–Crippen LogP) is 5.15. The van der Waals surface area contributed by atoms with E-state index in [0.717, 1.165) is 20.7 Å². The molecule has 1 fully saturated rings. The van der Waals surface area contributed by atoms with Crippen molar-refractivity contribution in [3.05, 3.63) is 23.6 Å². The molecule has 0 unspecified atom stereocenters. The van der Waals surface area contributed by atoms with Crippen LogP contribution < -0.4 is 20.1 Å². The second kappa shape index (κ2) is 11.0. The molecular formula is C21H25N5O3S3. The maximum absolute atomic E-state index is 12.4. The minimum atomic E-state index is -0.134. The largest absolute Gasteiger partial charge is 0.497 e. The van der Waals surface area contributed by atoms with E-state index in [1.807, 2.05) is 23.6 Å². The number of methoxy groups -OCH3 is 2. The molecule has 1 aliphatic rings. The highest BCUT2D eigenvalue weighted by molar-refractivity contribution is 8.01. The smallest absolute Gasteiger partial charge is 0.236 e. The molecule has 1 amide bonds. The van der Waals surface area contributed by atoms with Gasteiger partial charge in [0.25, 0.3) is 0 Å². The number of thiazole rings is 1. The number of carbonyl (C=O) groups excluding carboxylic acids is 1. The summed E-state index contributed by atoms with van der Waals surface area (Å²) < 4.78 is 11.5. The number of anilines is 2. The highest BCUT2D eigenvalue weighted by atomic mass is 32.2. The van der Waals surface area contributed by atoms with Gasteiger partial charge in [-0.3, -0.25) is 4.79 Å². The molecule has 0 aliphatic heterocycles. The molecule has 170 valence electrons. The lowest BCUT2D eigenvalue weighted by molar-refractivity contribution is -0.113. The number of carbonyl (C=O) groups is 1. The van der Waals surface area contributed by atoms with Crippen molar-refractivity contribution >= 4 is 50.6 Å². The Morgan fingerprint density at radius 2 is 2.00 bits per heavy atom. The van der Waals surface area contributed by atoms with Gasteiger partial charge < -0.3 is 20.1 Å². The summed E-state index contributed by atoms with van der Waals surface area (Å²) in [5.74, 6) is 1.52. The van der Waals surface area contributed by atoms with Crippen LogP contribution in [0, 0.1) is 0 Å². The Balaban J connectivity index is 1.30. The van der Waals surface area contributed by atoms with E-state index in [0.29, 0.717) is 22.7 Å². The third-order valence-corrected chi connectivity index (χ3v) is 7.84. The normalized spacial score (nSPS) is 14.2. The maximum atomic E-state index is 12.4. The number of thioether (sulfide) groups is 1. The van der Waals surface area contributed by atoms with E-state index in [2.05, 4.69) is 25.8 Å². The molecule has 32 heavy (non-hydrogen) atoms. The number of hydrogen-bond acceptors (Lipinski definition) is 10. The SMILES string of the molecule is COc1ccc(OC)c(-c2csc(NC(=O)CSc3nnc(NC4CCCCC4)s3)n2)c1. The molecule has 0 bridgehead atoms. The van der Waals surface area contributed by atoms with Crippen LogP contribution in [0.2, 0.25) is 0 Å². The first kappa shape index (κ1) is 22.8. The van der Waals surface area contributed by atoms with E-state index in [9.17, 15) is 4.79 Å². The second-order valence-corrected chi connectivity index (χ2v) is 10.4. The van der Waals surface area contributed by atoms with Crippen molar-refractivity contribution in [2.24, 2.45) is 0 Å². The van der Waals surface area contributed by atoms with Crippen molar-refractivity contribution in [1.82, 2.24) is 15.2 Å². The molecular weight excluding hydrogens is 466 g/mol. The Morgan fingerprint density at radius 1 is 1.16 bits per heavy atom. The van der Waals surface area contributed by atoms with Crippen LogP contribution in [0.5, 0.6) is 11.5 Å². The second-order valence-electron chi connectivity index (χ2n) is 7.29. The molecule has 4 rings (SSSR count). The van der Waals surface area contributed by atoms with Crippen LogP contribution in [0.1, 0.15) is 32.1 Å². The number of amides is 1. The van der Waals surface area contributed by atoms with E-state index in [-0.39, 0.29) is 11.7 Å². The van der Waals surface area contributed by atoms with Crippen molar-refractivity contribution in [3.8, 4) is 22.8 Å². The number of nitrogens with zero attached hydrogens (tertiary/aromatic N) is 3. The number of ether oxygens (including phenoxy) is 2. The first-order valence-corrected chi connectivity index (χ1v) is 13.0. The standard InChI is InChI=1S/C21H25N5O3S3/c1-28-14-8-9-17(29-2)15(10-14)16-11-30-19(23-16)24-18(27)12-31-21-26-25-20(32-21)22-13-6-4-3-5-7-13/h8-11,13H,3-7,12H2,1-2H3,(H,22,25)(H,23,24,27). The molecule has 2 aromatic heterocycles. The van der Waals surface area contributed by atoms with Gasteiger partial charge in [0.2, 0.25) is 11.0 Å². The molecule has 0 saturated heterocycles. The van der Waals surface area contributed by atoms with Gasteiger partial charge in [-0.25, -0.2) is 4.98 Å². The van der Waals surface area contributed by atoms with E-state index in [1.54, 1.807) is 14.2 Å². The summed E-state index contributed by atoms with van der Waals surface area (Å²) in [7, 11) is 3.23. The third kappa shape index (κ3) is 5.90. The number of hydrogen-bond donors (Lipinski definition) is 2. The van der Waals surface area contributed by atoms with Crippen molar-refractivity contribution < 1.29 is 14.3 Å². The highest BCUT2D eigenvalue weighted by Crippen LogP contribution is 2.35. The van der Waals surface area contributed by atoms with Gasteiger partial charge in [0, 0.05) is 17.0 Å². The van der Waals surface area contributed by atoms with Crippen LogP contribution in [0.4, 0.5) is 10.3 Å². The monoisotopic (exact) mass is 491 g/mol. The molecule has 0 radical (unpaired) electrons. The van der Waals surface area contributed by atoms with Gasteiger partial charge in [-0.05, 0) is 31.0 Å². The fraction of sp³-hybridized carbons (Fsp3) is 0.429. The maximum Gasteiger partial charge on any atom is 0.236 e. The Hall–Kier alpha value is -2.37. The zero-order valence-corrected chi connectivity index (χ0v) is 20.4. The molecule has 1 aromatic carbocycles. The molecule has 0 spiro atoms. The molecule has 0 atom stereocenters. The van der Waals surface area contributed by atoms with E-state index >= 15 is 0 Å². The fourth-order valence-electron chi connectivity index (χ4n) is 3.50. The molecule has 8 nitrogen and oxygen atoms in total. The summed E-state index contributed by atoms with van der Waals surface area (Å²) >= 11 is 4.24. The van der Waals surface area contributed by atoms with E-state index < -0.39 is 0 Å². The molecule has 3 aromatic rings. The lowest BCUT2D eigenvalue weighted by Gasteiger charge is -2.21. The third-order valence-electron chi connectivity index (χ3n) is 5.10. The number of aromatic nitrogens is 3. The van der Waals surface area contributed by atoms with Gasteiger partial charge in [-0.15, -0.1) is 21.5 Å². The zero-order chi connectivity index (χ0) is 22.3. The first-order chi connectivity index (χ1) is 15.6. The van der Waals surface area contributed by atoms with Crippen LogP contribution >= 0.6 is 34.4 Å². The van der Waals surface area contributed by atoms with Gasteiger partial charge in [0.05, 0.1) is 25.7 Å². The summed E-state index contributed by atoms with van der Waals surface area (Å²) in [6.07, 6.45) is 6.21. The van der Waals surface area contributed by atoms with Gasteiger partial charge in [0.1, 0.15) is 11.5 Å². The van der Waals surface area contributed by atoms with Crippen LogP contribution in [-0.2, 0) is 4.79 Å². The van der Waals surface area contributed by atoms with Crippen molar-refractivity contribution in [1.29, 1.82) is 0 Å². The van der Waals surface area contributed by atoms with E-state index in [4.69, 9.17) is 9.47 Å². The van der Waals surface area contributed by atoms with Crippen LogP contribution in [0.3, 0.4) is 0 Å². The lowest BCUT2D eigenvalue weighted by Crippen LogP contribution is -2.21. The number of nitrogens with one attached hydrogen (secondary N) is 2. The molecule has 2 heterocycles. The first-order valence-electron chi connectivity index (χ1n) is 10.3. The van der Waals surface area contributed by atoms with Crippen LogP contribution in [0.15, 0.2) is 27.9 Å². The zero-order valence-electron chi connectivity index (χ0n) is 17.9. The van der Waals surface area contributed by atoms with Crippen molar-refractivity contribution in [2.45, 2.75) is 42.5 Å². The van der Waals surface area contributed by atoms with Gasteiger partial charge in [0.15, 0.2) is 9.47 Å². The summed E-state index contributed by atoms with van der Waals surface area (Å²) in [6, 6.07) is 6.02. The van der Waals surface area contributed by atoms with Gasteiger partial charge in [-0.1, -0.05) is 42.4 Å². The van der Waals surface area contributed by atoms with Crippen molar-refractivity contribution in [3.63, 3.8) is 0 Å². The predicted molar refractivity (Wildman–Crippen MR) is 130 cm³/mol. The topological polar surface area (TPSA) is 98.3 Å². The average Bonchev–Trinajstić information content (AvgIpc) is 3.47. The number of rotatable bonds is 9. The molecule has 1 aliphatic carbocycles. The number of benzene rings is 1. The summed E-state index contributed by atoms with van der Waals surface area (Å²) in [5.41, 5.74) is 1.53. The van der Waals surface area contributed by atoms with Crippen LogP contribution in [-0.4, -0.2) is 47.1 Å². The van der Waals surface area contributed by atoms with E-state index in [1.165, 1.54) is 66.5 Å². The Bertz CT molecular complexity index is 1050. The van der Waals surface area contributed by atoms with Gasteiger partial charge >= 0.3 is 0 Å². The quantitative estimate of drug-likeness (QED) is 0.396. The highest BCUT2D eigenvalue weighted by Gasteiger charge is 2.16. The van der Waals surface area contributed by atoms with Crippen molar-refractivity contribution in [2.75, 3.05) is 30.6 Å². The summed E-state index contributed by atoms with van der Waals surface area (Å²) in [4.78, 5) is 16.9. The minimum Gasteiger partial charge on any atom is -0.497 e. The van der Waals surface area contributed by atoms with Gasteiger partial charge in [-0.2, -0.15) is 0 Å². The fourth-order valence-corrected chi connectivity index (χ4v) is 5.86. The molecule has 1 saturated carbocycles. The van der Waals surface area contributed by atoms with Crippen LogP contribution in [0.25, 0.3) is 11.3 Å². The Morgan fingerprint density at radius 3 is 2.78 bits per heavy atom. The average molecular weight is 492 g/mol. The molecule has 2 N–H and O–H groups in total. The summed E-state index contributed by atoms with van der Waals surface area (Å²) in [6.45, 7) is 0. The summed E-state index contributed by atoms with van der Waals surface area (Å²) in [5, 5.41) is 18.0. The minimum absolute atomic E-state index is 0.134. The Labute approximate surface area is 199 Å². The molecule has 11 heteroatoms. The lowest BCUT2D eigenvalue weighted by atomic mass is 9.96.